The molecule has 2 aromatic rings. The Kier molecular flexibility index (Phi) is 7.57. The monoisotopic (exact) mass is 339 g/mol. The van der Waals surface area contributed by atoms with E-state index in [2.05, 4.69) is 12.2 Å². The molecule has 0 radical (unpaired) electrons. The molecule has 2 rings (SSSR count). The van der Waals surface area contributed by atoms with Crippen LogP contribution in [0.3, 0.4) is 0 Å². The van der Waals surface area contributed by atoms with Crippen LogP contribution in [-0.2, 0) is 4.79 Å². The Morgan fingerprint density at radius 2 is 1.60 bits per heavy atom. The average Bonchev–Trinajstić information content (AvgIpc) is 2.63. The minimum Gasteiger partial charge on any atom is -0.494 e. The van der Waals surface area contributed by atoms with Gasteiger partial charge in [-0.2, -0.15) is 0 Å². The zero-order valence-corrected chi connectivity index (χ0v) is 14.8. The molecule has 0 aliphatic heterocycles. The number of rotatable bonds is 9. The molecule has 0 aliphatic carbocycles. The number of amides is 1. The summed E-state index contributed by atoms with van der Waals surface area (Å²) in [6.07, 6.45) is 5.46. The van der Waals surface area contributed by atoms with E-state index in [0.717, 1.165) is 42.2 Å². The van der Waals surface area contributed by atoms with Crippen molar-refractivity contribution < 1.29 is 14.3 Å². The van der Waals surface area contributed by atoms with Crippen LogP contribution in [0.25, 0.3) is 6.08 Å². The van der Waals surface area contributed by atoms with Crippen LogP contribution < -0.4 is 14.8 Å². The molecule has 1 N–H and O–H groups in total. The van der Waals surface area contributed by atoms with Gasteiger partial charge in [0.25, 0.3) is 0 Å². The van der Waals surface area contributed by atoms with Gasteiger partial charge >= 0.3 is 0 Å². The van der Waals surface area contributed by atoms with Gasteiger partial charge in [0.1, 0.15) is 11.5 Å². The summed E-state index contributed by atoms with van der Waals surface area (Å²) in [5.74, 6) is 1.47. The van der Waals surface area contributed by atoms with E-state index in [0.29, 0.717) is 6.61 Å². The van der Waals surface area contributed by atoms with Crippen LogP contribution in [0.15, 0.2) is 54.6 Å². The first-order valence-electron chi connectivity index (χ1n) is 8.66. The Morgan fingerprint density at radius 1 is 0.960 bits per heavy atom. The number of hydrogen-bond donors (Lipinski definition) is 1. The summed E-state index contributed by atoms with van der Waals surface area (Å²) < 4.78 is 11.0. The first kappa shape index (κ1) is 18.6. The van der Waals surface area contributed by atoms with Crippen molar-refractivity contribution >= 4 is 17.7 Å². The maximum Gasteiger partial charge on any atom is 0.248 e. The van der Waals surface area contributed by atoms with Crippen LogP contribution in [0.4, 0.5) is 5.69 Å². The quantitative estimate of drug-likeness (QED) is 0.521. The maximum atomic E-state index is 12.0. The van der Waals surface area contributed by atoms with Gasteiger partial charge in [0.2, 0.25) is 5.91 Å². The Hall–Kier alpha value is -2.75. The fraction of sp³-hybridized carbons (Fsp3) is 0.286. The van der Waals surface area contributed by atoms with Gasteiger partial charge in [-0.05, 0) is 61.4 Å². The highest BCUT2D eigenvalue weighted by atomic mass is 16.5. The minimum absolute atomic E-state index is 0.174. The summed E-state index contributed by atoms with van der Waals surface area (Å²) in [7, 11) is 0. The fourth-order valence-electron chi connectivity index (χ4n) is 2.17. The van der Waals surface area contributed by atoms with Gasteiger partial charge in [-0.1, -0.05) is 25.5 Å². The molecule has 0 unspecified atom stereocenters. The normalized spacial score (nSPS) is 10.6. The molecule has 0 fully saturated rings. The molecule has 0 spiro atoms. The molecule has 4 nitrogen and oxygen atoms in total. The van der Waals surface area contributed by atoms with Gasteiger partial charge in [0.05, 0.1) is 13.2 Å². The van der Waals surface area contributed by atoms with Crippen molar-refractivity contribution in [1.82, 2.24) is 0 Å². The van der Waals surface area contributed by atoms with E-state index in [9.17, 15) is 4.79 Å². The third-order valence-corrected chi connectivity index (χ3v) is 3.51. The fourth-order valence-corrected chi connectivity index (χ4v) is 2.17. The predicted molar refractivity (Wildman–Crippen MR) is 102 cm³/mol. The Morgan fingerprint density at radius 3 is 2.24 bits per heavy atom. The van der Waals surface area contributed by atoms with E-state index in [1.165, 1.54) is 6.08 Å². The lowest BCUT2D eigenvalue weighted by molar-refractivity contribution is -0.111. The molecule has 132 valence electrons. The molecule has 25 heavy (non-hydrogen) atoms. The van der Waals surface area contributed by atoms with Crippen LogP contribution in [0, 0.1) is 0 Å². The molecule has 2 aromatic carbocycles. The Labute approximate surface area is 149 Å². The van der Waals surface area contributed by atoms with Gasteiger partial charge in [-0.3, -0.25) is 4.79 Å². The highest BCUT2D eigenvalue weighted by Crippen LogP contribution is 2.16. The third kappa shape index (κ3) is 6.71. The van der Waals surface area contributed by atoms with Crippen molar-refractivity contribution in [2.24, 2.45) is 0 Å². The zero-order chi connectivity index (χ0) is 17.9. The highest BCUT2D eigenvalue weighted by Gasteiger charge is 1.99. The standard InChI is InChI=1S/C21H25NO3/c1-3-5-16-25-20-11-6-17(7-12-20)8-15-21(23)22-18-9-13-19(14-10-18)24-4-2/h6-15H,3-5,16H2,1-2H3,(H,22,23). The second-order valence-corrected chi connectivity index (χ2v) is 5.55. The van der Waals surface area contributed by atoms with E-state index in [-0.39, 0.29) is 5.91 Å². The molecule has 0 aromatic heterocycles. The van der Waals surface area contributed by atoms with Crippen LogP contribution in [0.1, 0.15) is 32.3 Å². The van der Waals surface area contributed by atoms with Crippen LogP contribution >= 0.6 is 0 Å². The van der Waals surface area contributed by atoms with Gasteiger partial charge in [-0.25, -0.2) is 0 Å². The van der Waals surface area contributed by atoms with E-state index >= 15 is 0 Å². The highest BCUT2D eigenvalue weighted by molar-refractivity contribution is 6.01. The second-order valence-electron chi connectivity index (χ2n) is 5.55. The molecular formula is C21H25NO3. The van der Waals surface area contributed by atoms with Crippen molar-refractivity contribution in [1.29, 1.82) is 0 Å². The van der Waals surface area contributed by atoms with Gasteiger partial charge < -0.3 is 14.8 Å². The van der Waals surface area contributed by atoms with Crippen molar-refractivity contribution in [3.05, 3.63) is 60.2 Å². The molecule has 0 atom stereocenters. The summed E-state index contributed by atoms with van der Waals surface area (Å²) in [6.45, 7) is 5.42. The summed E-state index contributed by atoms with van der Waals surface area (Å²) in [6, 6.07) is 15.0. The van der Waals surface area contributed by atoms with Crippen molar-refractivity contribution in [2.75, 3.05) is 18.5 Å². The van der Waals surface area contributed by atoms with Crippen molar-refractivity contribution in [3.63, 3.8) is 0 Å². The molecule has 0 saturated heterocycles. The first-order valence-corrected chi connectivity index (χ1v) is 8.66. The third-order valence-electron chi connectivity index (χ3n) is 3.51. The SMILES string of the molecule is CCCCOc1ccc(C=CC(=O)Nc2ccc(OCC)cc2)cc1. The van der Waals surface area contributed by atoms with Crippen LogP contribution in [-0.4, -0.2) is 19.1 Å². The number of unbranched alkanes of at least 4 members (excludes halogenated alkanes) is 1. The lowest BCUT2D eigenvalue weighted by Crippen LogP contribution is -2.07. The van der Waals surface area contributed by atoms with E-state index in [1.54, 1.807) is 6.08 Å². The van der Waals surface area contributed by atoms with E-state index in [4.69, 9.17) is 9.47 Å². The topological polar surface area (TPSA) is 47.6 Å². The number of anilines is 1. The predicted octanol–water partition coefficient (Wildman–Crippen LogP) is 4.92. The molecule has 1 amide bonds. The lowest BCUT2D eigenvalue weighted by Gasteiger charge is -2.06. The van der Waals surface area contributed by atoms with Crippen molar-refractivity contribution in [3.8, 4) is 11.5 Å². The molecule has 0 aliphatic rings. The smallest absolute Gasteiger partial charge is 0.248 e. The Balaban J connectivity index is 1.84. The number of carbonyl (C=O) groups is 1. The van der Waals surface area contributed by atoms with Gasteiger partial charge in [0.15, 0.2) is 0 Å². The van der Waals surface area contributed by atoms with Gasteiger partial charge in [0, 0.05) is 11.8 Å². The number of nitrogens with one attached hydrogen (secondary N) is 1. The van der Waals surface area contributed by atoms with E-state index < -0.39 is 0 Å². The number of benzene rings is 2. The zero-order valence-electron chi connectivity index (χ0n) is 14.8. The second kappa shape index (κ2) is 10.2. The van der Waals surface area contributed by atoms with Gasteiger partial charge in [-0.15, -0.1) is 0 Å². The van der Waals surface area contributed by atoms with E-state index in [1.807, 2.05) is 55.5 Å². The number of hydrogen-bond acceptors (Lipinski definition) is 3. The molecule has 0 heterocycles. The average molecular weight is 339 g/mol. The van der Waals surface area contributed by atoms with Crippen molar-refractivity contribution in [2.45, 2.75) is 26.7 Å². The number of ether oxygens (including phenoxy) is 2. The largest absolute Gasteiger partial charge is 0.494 e. The summed E-state index contributed by atoms with van der Waals surface area (Å²) in [4.78, 5) is 12.0. The van der Waals surface area contributed by atoms with Crippen LogP contribution in [0.5, 0.6) is 11.5 Å². The maximum absolute atomic E-state index is 12.0. The number of carbonyl (C=O) groups excluding carboxylic acids is 1. The first-order chi connectivity index (χ1) is 12.2. The summed E-state index contributed by atoms with van der Waals surface area (Å²) in [5, 5.41) is 2.82. The molecule has 0 bridgehead atoms. The molecule has 4 heteroatoms. The summed E-state index contributed by atoms with van der Waals surface area (Å²) in [5.41, 5.74) is 1.68. The van der Waals surface area contributed by atoms with Crippen LogP contribution in [0.2, 0.25) is 0 Å². The minimum atomic E-state index is -0.174. The summed E-state index contributed by atoms with van der Waals surface area (Å²) >= 11 is 0. The molecular weight excluding hydrogens is 314 g/mol. The lowest BCUT2D eigenvalue weighted by atomic mass is 10.2. The molecule has 0 saturated carbocycles. The Bertz CT molecular complexity index is 675.